The van der Waals surface area contributed by atoms with Gasteiger partial charge in [0, 0.05) is 17.3 Å². The van der Waals surface area contributed by atoms with Gasteiger partial charge in [-0.1, -0.05) is 35.9 Å². The van der Waals surface area contributed by atoms with Gasteiger partial charge in [-0.2, -0.15) is 0 Å². The molecule has 0 saturated heterocycles. The smallest absolute Gasteiger partial charge is 0.311 e. The molecule has 2 aromatic carbocycles. The normalized spacial score (nSPS) is 20.0. The average molecular weight is 309 g/mol. The van der Waals surface area contributed by atoms with Gasteiger partial charge < -0.3 is 10.0 Å². The van der Waals surface area contributed by atoms with Gasteiger partial charge in [0.15, 0.2) is 0 Å². The molecule has 2 unspecified atom stereocenters. The molecule has 4 heteroatoms. The highest BCUT2D eigenvalue weighted by molar-refractivity contribution is 6.07. The molecule has 1 aliphatic rings. The van der Waals surface area contributed by atoms with Crippen molar-refractivity contribution < 1.29 is 14.7 Å². The van der Waals surface area contributed by atoms with Crippen molar-refractivity contribution in [2.24, 2.45) is 0 Å². The maximum absolute atomic E-state index is 13.0. The van der Waals surface area contributed by atoms with Crippen LogP contribution >= 0.6 is 0 Å². The van der Waals surface area contributed by atoms with E-state index < -0.39 is 11.9 Å². The molecule has 0 spiro atoms. The molecule has 0 aromatic heterocycles. The number of rotatable bonds is 2. The minimum absolute atomic E-state index is 0.0857. The Morgan fingerprint density at radius 3 is 2.57 bits per heavy atom. The van der Waals surface area contributed by atoms with E-state index in [1.165, 1.54) is 0 Å². The van der Waals surface area contributed by atoms with Crippen molar-refractivity contribution in [2.75, 3.05) is 4.90 Å². The number of carboxylic acids is 1. The van der Waals surface area contributed by atoms with Gasteiger partial charge in [0.1, 0.15) is 0 Å². The number of hydrogen-bond acceptors (Lipinski definition) is 2. The van der Waals surface area contributed by atoms with Crippen molar-refractivity contribution in [1.82, 2.24) is 0 Å². The molecule has 0 bridgehead atoms. The maximum Gasteiger partial charge on any atom is 0.311 e. The SMILES string of the molecule is Cc1cccc(C(=O)N2c3ccccc3C(C(=O)O)CC2C)c1. The van der Waals surface area contributed by atoms with Crippen molar-refractivity contribution >= 4 is 17.6 Å². The quantitative estimate of drug-likeness (QED) is 0.922. The first-order valence-electron chi connectivity index (χ1n) is 7.71. The van der Waals surface area contributed by atoms with Gasteiger partial charge in [-0.3, -0.25) is 9.59 Å². The molecule has 3 rings (SSSR count). The number of anilines is 1. The standard InChI is InChI=1S/C19H19NO3/c1-12-6-5-7-14(10-12)18(21)20-13(2)11-16(19(22)23)15-8-3-4-9-17(15)20/h3-10,13,16H,11H2,1-2H3,(H,22,23). The number of fused-ring (bicyclic) bond motifs is 1. The van der Waals surface area contributed by atoms with Gasteiger partial charge in [-0.05, 0) is 44.0 Å². The van der Waals surface area contributed by atoms with Crippen LogP contribution in [-0.4, -0.2) is 23.0 Å². The number of carbonyl (C=O) groups excluding carboxylic acids is 1. The zero-order valence-corrected chi connectivity index (χ0v) is 13.2. The summed E-state index contributed by atoms with van der Waals surface area (Å²) in [5.41, 5.74) is 3.06. The zero-order chi connectivity index (χ0) is 16.6. The summed E-state index contributed by atoms with van der Waals surface area (Å²) in [6, 6.07) is 14.6. The van der Waals surface area contributed by atoms with Crippen LogP contribution in [-0.2, 0) is 4.79 Å². The highest BCUT2D eigenvalue weighted by Gasteiger charge is 2.37. The lowest BCUT2D eigenvalue weighted by Gasteiger charge is -2.38. The fraction of sp³-hybridized carbons (Fsp3) is 0.263. The third-order valence-electron chi connectivity index (χ3n) is 4.37. The molecule has 0 radical (unpaired) electrons. The van der Waals surface area contributed by atoms with Crippen LogP contribution in [0.15, 0.2) is 48.5 Å². The van der Waals surface area contributed by atoms with Gasteiger partial charge in [-0.15, -0.1) is 0 Å². The van der Waals surface area contributed by atoms with Gasteiger partial charge in [-0.25, -0.2) is 0 Å². The van der Waals surface area contributed by atoms with E-state index in [4.69, 9.17) is 0 Å². The first-order chi connectivity index (χ1) is 11.0. The number of aliphatic carboxylic acids is 1. The van der Waals surface area contributed by atoms with E-state index in [-0.39, 0.29) is 11.9 Å². The van der Waals surface area contributed by atoms with Gasteiger partial charge in [0.05, 0.1) is 5.92 Å². The van der Waals surface area contributed by atoms with Crippen LogP contribution in [0.4, 0.5) is 5.69 Å². The van der Waals surface area contributed by atoms with Crippen LogP contribution in [0.1, 0.15) is 40.7 Å². The Labute approximate surface area is 135 Å². The first-order valence-corrected chi connectivity index (χ1v) is 7.71. The molecule has 0 aliphatic carbocycles. The van der Waals surface area contributed by atoms with Crippen LogP contribution in [0.5, 0.6) is 0 Å². The largest absolute Gasteiger partial charge is 0.481 e. The number of benzene rings is 2. The van der Waals surface area contributed by atoms with E-state index in [0.29, 0.717) is 23.2 Å². The summed E-state index contributed by atoms with van der Waals surface area (Å²) in [6.07, 6.45) is 0.421. The Kier molecular flexibility index (Phi) is 3.90. The number of para-hydroxylation sites is 1. The van der Waals surface area contributed by atoms with Gasteiger partial charge >= 0.3 is 5.97 Å². The molecular formula is C19H19NO3. The van der Waals surface area contributed by atoms with Crippen molar-refractivity contribution in [3.05, 3.63) is 65.2 Å². The summed E-state index contributed by atoms with van der Waals surface area (Å²) in [7, 11) is 0. The fourth-order valence-corrected chi connectivity index (χ4v) is 3.27. The van der Waals surface area contributed by atoms with E-state index in [1.807, 2.05) is 50.2 Å². The summed E-state index contributed by atoms with van der Waals surface area (Å²) in [5, 5.41) is 9.48. The van der Waals surface area contributed by atoms with Gasteiger partial charge in [0.25, 0.3) is 5.91 Å². The molecule has 1 heterocycles. The molecule has 2 aromatic rings. The van der Waals surface area contributed by atoms with E-state index in [1.54, 1.807) is 17.0 Å². The lowest BCUT2D eigenvalue weighted by atomic mass is 9.85. The topological polar surface area (TPSA) is 57.6 Å². The second kappa shape index (κ2) is 5.88. The van der Waals surface area contributed by atoms with Gasteiger partial charge in [0.2, 0.25) is 0 Å². The predicted octanol–water partition coefficient (Wildman–Crippen LogP) is 3.60. The number of amides is 1. The molecule has 1 amide bonds. The lowest BCUT2D eigenvalue weighted by molar-refractivity contribution is -0.139. The summed E-state index contributed by atoms with van der Waals surface area (Å²) in [5.74, 6) is -1.49. The molecule has 0 saturated carbocycles. The monoisotopic (exact) mass is 309 g/mol. The summed E-state index contributed by atoms with van der Waals surface area (Å²) >= 11 is 0. The van der Waals surface area contributed by atoms with Crippen LogP contribution in [0.25, 0.3) is 0 Å². The number of hydrogen-bond donors (Lipinski definition) is 1. The maximum atomic E-state index is 13.0. The summed E-state index contributed by atoms with van der Waals surface area (Å²) in [6.45, 7) is 3.85. The molecule has 1 aliphatic heterocycles. The second-order valence-electron chi connectivity index (χ2n) is 6.08. The van der Waals surface area contributed by atoms with Crippen LogP contribution in [0, 0.1) is 6.92 Å². The highest BCUT2D eigenvalue weighted by Crippen LogP contribution is 2.39. The Balaban J connectivity index is 2.07. The molecule has 118 valence electrons. The number of carbonyl (C=O) groups is 2. The minimum atomic E-state index is -0.841. The Morgan fingerprint density at radius 2 is 1.87 bits per heavy atom. The predicted molar refractivity (Wildman–Crippen MR) is 88.9 cm³/mol. The van der Waals surface area contributed by atoms with Crippen molar-refractivity contribution in [3.63, 3.8) is 0 Å². The molecule has 23 heavy (non-hydrogen) atoms. The minimum Gasteiger partial charge on any atom is -0.481 e. The van der Waals surface area contributed by atoms with E-state index in [9.17, 15) is 14.7 Å². The van der Waals surface area contributed by atoms with Crippen molar-refractivity contribution in [2.45, 2.75) is 32.2 Å². The first kappa shape index (κ1) is 15.3. The second-order valence-corrected chi connectivity index (χ2v) is 6.08. The number of carboxylic acid groups (broad SMARTS) is 1. The third-order valence-corrected chi connectivity index (χ3v) is 4.37. The summed E-state index contributed by atoms with van der Waals surface area (Å²) < 4.78 is 0. The average Bonchev–Trinajstić information content (AvgIpc) is 2.53. The highest BCUT2D eigenvalue weighted by atomic mass is 16.4. The summed E-state index contributed by atoms with van der Waals surface area (Å²) in [4.78, 5) is 26.3. The number of nitrogens with zero attached hydrogens (tertiary/aromatic N) is 1. The molecule has 2 atom stereocenters. The zero-order valence-electron chi connectivity index (χ0n) is 13.2. The Morgan fingerprint density at radius 1 is 1.13 bits per heavy atom. The van der Waals surface area contributed by atoms with Crippen LogP contribution in [0.3, 0.4) is 0 Å². The van der Waals surface area contributed by atoms with Crippen LogP contribution < -0.4 is 4.90 Å². The van der Waals surface area contributed by atoms with Crippen molar-refractivity contribution in [1.29, 1.82) is 0 Å². The van der Waals surface area contributed by atoms with Crippen LogP contribution in [0.2, 0.25) is 0 Å². The van der Waals surface area contributed by atoms with E-state index in [2.05, 4.69) is 0 Å². The Hall–Kier alpha value is -2.62. The fourth-order valence-electron chi connectivity index (χ4n) is 3.27. The molecule has 1 N–H and O–H groups in total. The molecule has 4 nitrogen and oxygen atoms in total. The Bertz CT molecular complexity index is 769. The van der Waals surface area contributed by atoms with E-state index in [0.717, 1.165) is 5.56 Å². The molecular weight excluding hydrogens is 290 g/mol. The van der Waals surface area contributed by atoms with Crippen molar-refractivity contribution in [3.8, 4) is 0 Å². The number of aryl methyl sites for hydroxylation is 1. The van der Waals surface area contributed by atoms with E-state index >= 15 is 0 Å². The molecule has 0 fully saturated rings. The third kappa shape index (κ3) is 2.72. The lowest BCUT2D eigenvalue weighted by Crippen LogP contribution is -2.44.